The number of nitrogens with zero attached hydrogens (tertiary/aromatic N) is 3. The fraction of sp³-hybridized carbons (Fsp3) is 0.467. The summed E-state index contributed by atoms with van der Waals surface area (Å²) in [5, 5.41) is 5.31. The van der Waals surface area contributed by atoms with Gasteiger partial charge >= 0.3 is 0 Å². The lowest BCUT2D eigenvalue weighted by atomic mass is 10.2. The molecule has 0 unspecified atom stereocenters. The molecule has 22 heavy (non-hydrogen) atoms. The van der Waals surface area contributed by atoms with Crippen molar-refractivity contribution < 1.29 is 14.3 Å². The van der Waals surface area contributed by atoms with Crippen LogP contribution in [0, 0.1) is 0 Å². The van der Waals surface area contributed by atoms with Gasteiger partial charge in [-0.1, -0.05) is 15.9 Å². The first-order valence-corrected chi connectivity index (χ1v) is 8.05. The highest BCUT2D eigenvalue weighted by Crippen LogP contribution is 2.27. The smallest absolute Gasteiger partial charge is 0.240 e. The molecule has 0 N–H and O–H groups in total. The van der Waals surface area contributed by atoms with E-state index in [0.717, 1.165) is 15.4 Å². The minimum atomic E-state index is 0.102. The molecule has 3 rings (SSSR count). The number of rotatable bonds is 4. The van der Waals surface area contributed by atoms with E-state index in [1.807, 2.05) is 30.1 Å². The van der Waals surface area contributed by atoms with Crippen molar-refractivity contribution in [1.29, 1.82) is 0 Å². The van der Waals surface area contributed by atoms with Crippen molar-refractivity contribution in [3.63, 3.8) is 0 Å². The second-order valence-electron chi connectivity index (χ2n) is 5.18. The average Bonchev–Trinajstić information content (AvgIpc) is 2.84. The summed E-state index contributed by atoms with van der Waals surface area (Å²) < 4.78 is 13.7. The molecule has 7 heteroatoms. The van der Waals surface area contributed by atoms with E-state index in [-0.39, 0.29) is 5.91 Å². The first-order valence-electron chi connectivity index (χ1n) is 7.26. The van der Waals surface area contributed by atoms with E-state index in [1.54, 1.807) is 4.68 Å². The maximum Gasteiger partial charge on any atom is 0.240 e. The molecule has 1 aliphatic heterocycles. The van der Waals surface area contributed by atoms with Crippen molar-refractivity contribution in [3.8, 4) is 5.88 Å². The first kappa shape index (κ1) is 15.3. The fourth-order valence-electron chi connectivity index (χ4n) is 2.52. The minimum Gasteiger partial charge on any atom is -0.476 e. The molecule has 1 fully saturated rings. The second kappa shape index (κ2) is 6.66. The molecule has 0 spiro atoms. The predicted molar refractivity (Wildman–Crippen MR) is 85.9 cm³/mol. The maximum atomic E-state index is 12.1. The SMILES string of the molecule is Cn1nc(OCCC(=O)N2CCOCC2)c2cc(Br)ccc21. The number of aryl methyl sites for hydroxylation is 1. The van der Waals surface area contributed by atoms with E-state index >= 15 is 0 Å². The number of hydrogen-bond acceptors (Lipinski definition) is 4. The summed E-state index contributed by atoms with van der Waals surface area (Å²) in [6.45, 7) is 2.89. The van der Waals surface area contributed by atoms with Gasteiger partial charge in [0.2, 0.25) is 11.8 Å². The summed E-state index contributed by atoms with van der Waals surface area (Å²) in [5.74, 6) is 0.665. The van der Waals surface area contributed by atoms with Crippen LogP contribution < -0.4 is 4.74 Å². The van der Waals surface area contributed by atoms with Crippen molar-refractivity contribution >= 4 is 32.7 Å². The quantitative estimate of drug-likeness (QED) is 0.828. The highest BCUT2D eigenvalue weighted by molar-refractivity contribution is 9.10. The van der Waals surface area contributed by atoms with Gasteiger partial charge in [-0.05, 0) is 18.2 Å². The third kappa shape index (κ3) is 3.25. The van der Waals surface area contributed by atoms with Gasteiger partial charge in [0, 0.05) is 24.6 Å². The van der Waals surface area contributed by atoms with Gasteiger partial charge in [0.05, 0.1) is 37.1 Å². The zero-order valence-electron chi connectivity index (χ0n) is 12.4. The Kier molecular flexibility index (Phi) is 4.63. The topological polar surface area (TPSA) is 56.6 Å². The summed E-state index contributed by atoms with van der Waals surface area (Å²) >= 11 is 3.45. The molecule has 2 heterocycles. The van der Waals surface area contributed by atoms with Crippen LogP contribution in [-0.4, -0.2) is 53.5 Å². The lowest BCUT2D eigenvalue weighted by Crippen LogP contribution is -2.41. The van der Waals surface area contributed by atoms with E-state index in [4.69, 9.17) is 9.47 Å². The number of ether oxygens (including phenoxy) is 2. The van der Waals surface area contributed by atoms with E-state index in [0.29, 0.717) is 45.2 Å². The van der Waals surface area contributed by atoms with Crippen LogP contribution in [0.2, 0.25) is 0 Å². The number of carbonyl (C=O) groups excluding carboxylic acids is 1. The monoisotopic (exact) mass is 367 g/mol. The van der Waals surface area contributed by atoms with Crippen molar-refractivity contribution in [1.82, 2.24) is 14.7 Å². The van der Waals surface area contributed by atoms with Crippen LogP contribution >= 0.6 is 15.9 Å². The molecule has 0 bridgehead atoms. The highest BCUT2D eigenvalue weighted by Gasteiger charge is 2.17. The van der Waals surface area contributed by atoms with Gasteiger partial charge in [0.1, 0.15) is 0 Å². The molecule has 0 aliphatic carbocycles. The van der Waals surface area contributed by atoms with Crippen LogP contribution in [-0.2, 0) is 16.6 Å². The summed E-state index contributed by atoms with van der Waals surface area (Å²) in [5.41, 5.74) is 0.998. The molecule has 1 saturated heterocycles. The molecule has 1 aromatic heterocycles. The normalized spacial score (nSPS) is 15.3. The molecule has 0 atom stereocenters. The van der Waals surface area contributed by atoms with Crippen LogP contribution in [0.15, 0.2) is 22.7 Å². The Morgan fingerprint density at radius 3 is 2.95 bits per heavy atom. The summed E-state index contributed by atoms with van der Waals surface area (Å²) in [6, 6.07) is 5.93. The zero-order chi connectivity index (χ0) is 15.5. The minimum absolute atomic E-state index is 0.102. The molecule has 118 valence electrons. The van der Waals surface area contributed by atoms with Crippen LogP contribution in [0.5, 0.6) is 5.88 Å². The Bertz CT molecular complexity index is 680. The molecular weight excluding hydrogens is 350 g/mol. The molecule has 1 aliphatic rings. The summed E-state index contributed by atoms with van der Waals surface area (Å²) in [7, 11) is 1.88. The van der Waals surface area contributed by atoms with Gasteiger partial charge in [-0.2, -0.15) is 0 Å². The fourth-order valence-corrected chi connectivity index (χ4v) is 2.88. The highest BCUT2D eigenvalue weighted by atomic mass is 79.9. The third-order valence-electron chi connectivity index (χ3n) is 3.70. The van der Waals surface area contributed by atoms with Crippen LogP contribution in [0.3, 0.4) is 0 Å². The molecule has 1 amide bonds. The largest absolute Gasteiger partial charge is 0.476 e. The van der Waals surface area contributed by atoms with Crippen molar-refractivity contribution in [2.75, 3.05) is 32.9 Å². The van der Waals surface area contributed by atoms with Crippen molar-refractivity contribution in [3.05, 3.63) is 22.7 Å². The van der Waals surface area contributed by atoms with Gasteiger partial charge in [0.25, 0.3) is 0 Å². The Morgan fingerprint density at radius 2 is 2.18 bits per heavy atom. The number of fused-ring (bicyclic) bond motifs is 1. The summed E-state index contributed by atoms with van der Waals surface area (Å²) in [4.78, 5) is 13.9. The predicted octanol–water partition coefficient (Wildman–Crippen LogP) is 1.96. The number of morpholine rings is 1. The van der Waals surface area contributed by atoms with E-state index in [2.05, 4.69) is 21.0 Å². The number of aromatic nitrogens is 2. The van der Waals surface area contributed by atoms with Crippen molar-refractivity contribution in [2.45, 2.75) is 6.42 Å². The maximum absolute atomic E-state index is 12.1. The van der Waals surface area contributed by atoms with E-state index < -0.39 is 0 Å². The Hall–Kier alpha value is -1.60. The van der Waals surface area contributed by atoms with Gasteiger partial charge in [-0.15, -0.1) is 5.10 Å². The Morgan fingerprint density at radius 1 is 1.41 bits per heavy atom. The number of benzene rings is 1. The molecule has 0 saturated carbocycles. The van der Waals surface area contributed by atoms with Crippen LogP contribution in [0.4, 0.5) is 0 Å². The van der Waals surface area contributed by atoms with E-state index in [9.17, 15) is 4.79 Å². The number of amides is 1. The van der Waals surface area contributed by atoms with Gasteiger partial charge < -0.3 is 14.4 Å². The number of carbonyl (C=O) groups is 1. The van der Waals surface area contributed by atoms with Crippen molar-refractivity contribution in [2.24, 2.45) is 7.05 Å². The van der Waals surface area contributed by atoms with Gasteiger partial charge in [0.15, 0.2) is 0 Å². The molecule has 2 aromatic rings. The molecular formula is C15H18BrN3O3. The molecule has 6 nitrogen and oxygen atoms in total. The van der Waals surface area contributed by atoms with Gasteiger partial charge in [-0.25, -0.2) is 0 Å². The van der Waals surface area contributed by atoms with Crippen LogP contribution in [0.25, 0.3) is 10.9 Å². The molecule has 1 aromatic carbocycles. The molecule has 0 radical (unpaired) electrons. The average molecular weight is 368 g/mol. The number of hydrogen-bond donors (Lipinski definition) is 0. The zero-order valence-corrected chi connectivity index (χ0v) is 14.0. The first-order chi connectivity index (χ1) is 10.6. The number of halogens is 1. The third-order valence-corrected chi connectivity index (χ3v) is 4.19. The lowest BCUT2D eigenvalue weighted by molar-refractivity contribution is -0.135. The Balaban J connectivity index is 1.62. The Labute approximate surface area is 137 Å². The van der Waals surface area contributed by atoms with Gasteiger partial charge in [-0.3, -0.25) is 9.48 Å². The lowest BCUT2D eigenvalue weighted by Gasteiger charge is -2.26. The standard InChI is InChI=1S/C15H18BrN3O3/c1-18-13-3-2-11(16)10-12(13)15(17-18)22-7-4-14(20)19-5-8-21-9-6-19/h2-3,10H,4-9H2,1H3. The van der Waals surface area contributed by atoms with Crippen LogP contribution in [0.1, 0.15) is 6.42 Å². The summed E-state index contributed by atoms with van der Waals surface area (Å²) in [6.07, 6.45) is 0.353. The van der Waals surface area contributed by atoms with E-state index in [1.165, 1.54) is 0 Å². The second-order valence-corrected chi connectivity index (χ2v) is 6.10.